The molecule has 3 aromatic rings. The zero-order chi connectivity index (χ0) is 23.4. The second-order valence-corrected chi connectivity index (χ2v) is 6.91. The summed E-state index contributed by atoms with van der Waals surface area (Å²) >= 11 is 6.03. The van der Waals surface area contributed by atoms with E-state index in [0.717, 1.165) is 17.7 Å². The van der Waals surface area contributed by atoms with E-state index in [9.17, 15) is 30.3 Å². The summed E-state index contributed by atoms with van der Waals surface area (Å²) < 4.78 is 5.53. The van der Waals surface area contributed by atoms with Gasteiger partial charge in [0.1, 0.15) is 23.2 Å². The van der Waals surface area contributed by atoms with E-state index in [1.165, 1.54) is 24.3 Å². The number of aryl methyl sites for hydroxylation is 1. The molecule has 1 N–H and O–H groups in total. The number of nitrogens with zero attached hydrogens (tertiary/aromatic N) is 3. The number of non-ortho nitro benzene ring substituents is 1. The molecule has 0 aliphatic heterocycles. The summed E-state index contributed by atoms with van der Waals surface area (Å²) in [5.41, 5.74) is 0.00112. The van der Waals surface area contributed by atoms with Crippen molar-refractivity contribution in [3.05, 3.63) is 90.7 Å². The third-order valence-corrected chi connectivity index (χ3v) is 4.77. The van der Waals surface area contributed by atoms with Crippen LogP contribution in [0.15, 0.2) is 58.5 Å². The number of amides is 1. The van der Waals surface area contributed by atoms with Gasteiger partial charge in [0.2, 0.25) is 0 Å². The lowest BCUT2D eigenvalue weighted by Gasteiger charge is -2.06. The van der Waals surface area contributed by atoms with Crippen molar-refractivity contribution in [2.24, 2.45) is 0 Å². The quantitative estimate of drug-likeness (QED) is 0.231. The number of hydrogen-bond acceptors (Lipinski definition) is 7. The number of carbonyl (C=O) groups excluding carboxylic acids is 1. The average Bonchev–Trinajstić information content (AvgIpc) is 3.22. The van der Waals surface area contributed by atoms with E-state index in [4.69, 9.17) is 16.0 Å². The van der Waals surface area contributed by atoms with Crippen molar-refractivity contribution < 1.29 is 19.1 Å². The highest BCUT2D eigenvalue weighted by molar-refractivity contribution is 6.31. The molecular weight excluding hydrogens is 440 g/mol. The van der Waals surface area contributed by atoms with Crippen LogP contribution in [0.1, 0.15) is 11.3 Å². The molecule has 0 fully saturated rings. The molecule has 0 saturated carbocycles. The highest BCUT2D eigenvalue weighted by Gasteiger charge is 2.22. The molecule has 0 radical (unpaired) electrons. The average molecular weight is 453 g/mol. The Kier molecular flexibility index (Phi) is 6.32. The van der Waals surface area contributed by atoms with Crippen LogP contribution in [-0.4, -0.2) is 15.8 Å². The van der Waals surface area contributed by atoms with Crippen LogP contribution in [0.2, 0.25) is 5.02 Å². The monoisotopic (exact) mass is 452 g/mol. The van der Waals surface area contributed by atoms with Crippen LogP contribution in [-0.2, 0) is 4.79 Å². The number of nitriles is 1. The number of rotatable bonds is 6. The molecule has 0 atom stereocenters. The third kappa shape index (κ3) is 4.80. The molecule has 1 aromatic heterocycles. The largest absolute Gasteiger partial charge is 0.456 e. The molecule has 160 valence electrons. The number of carbonyl (C=O) groups is 1. The Morgan fingerprint density at radius 3 is 2.50 bits per heavy atom. The number of benzene rings is 2. The van der Waals surface area contributed by atoms with Crippen LogP contribution in [0.4, 0.5) is 17.1 Å². The molecule has 1 heterocycles. The summed E-state index contributed by atoms with van der Waals surface area (Å²) in [5, 5.41) is 34.6. The summed E-state index contributed by atoms with van der Waals surface area (Å²) in [6, 6.07) is 12.6. The van der Waals surface area contributed by atoms with E-state index in [2.05, 4.69) is 5.32 Å². The predicted octanol–water partition coefficient (Wildman–Crippen LogP) is 5.27. The van der Waals surface area contributed by atoms with E-state index in [1.807, 2.05) is 0 Å². The highest BCUT2D eigenvalue weighted by atomic mass is 35.5. The fraction of sp³-hybridized carbons (Fsp3) is 0.0476. The van der Waals surface area contributed by atoms with Crippen molar-refractivity contribution >= 4 is 40.6 Å². The maximum absolute atomic E-state index is 12.4. The van der Waals surface area contributed by atoms with Crippen LogP contribution in [0.5, 0.6) is 0 Å². The Hall–Kier alpha value is -4.49. The summed E-state index contributed by atoms with van der Waals surface area (Å²) in [7, 11) is 0. The summed E-state index contributed by atoms with van der Waals surface area (Å²) in [5.74, 6) is -0.575. The second kappa shape index (κ2) is 9.11. The van der Waals surface area contributed by atoms with Crippen molar-refractivity contribution in [2.75, 3.05) is 5.32 Å². The van der Waals surface area contributed by atoms with E-state index in [0.29, 0.717) is 10.7 Å². The Bertz CT molecular complexity index is 1320. The van der Waals surface area contributed by atoms with Gasteiger partial charge in [-0.1, -0.05) is 17.7 Å². The van der Waals surface area contributed by atoms with Gasteiger partial charge in [0.05, 0.1) is 21.5 Å². The number of hydrogen-bond donors (Lipinski definition) is 1. The van der Waals surface area contributed by atoms with Crippen LogP contribution in [0.25, 0.3) is 17.4 Å². The van der Waals surface area contributed by atoms with Gasteiger partial charge < -0.3 is 9.73 Å². The summed E-state index contributed by atoms with van der Waals surface area (Å²) in [6.45, 7) is 1.80. The molecule has 0 bridgehead atoms. The first-order valence-electron chi connectivity index (χ1n) is 8.92. The van der Waals surface area contributed by atoms with Crippen molar-refractivity contribution in [2.45, 2.75) is 6.92 Å². The number of anilines is 1. The fourth-order valence-corrected chi connectivity index (χ4v) is 2.91. The molecule has 0 aliphatic rings. The predicted molar refractivity (Wildman–Crippen MR) is 116 cm³/mol. The van der Waals surface area contributed by atoms with Gasteiger partial charge in [-0.3, -0.25) is 25.0 Å². The maximum Gasteiger partial charge on any atom is 0.287 e. The van der Waals surface area contributed by atoms with Crippen molar-refractivity contribution in [1.82, 2.24) is 0 Å². The Morgan fingerprint density at radius 2 is 1.88 bits per heavy atom. The Balaban J connectivity index is 1.89. The van der Waals surface area contributed by atoms with Gasteiger partial charge >= 0.3 is 0 Å². The van der Waals surface area contributed by atoms with E-state index >= 15 is 0 Å². The van der Waals surface area contributed by atoms with E-state index < -0.39 is 27.1 Å². The Morgan fingerprint density at radius 1 is 1.12 bits per heavy atom. The first kappa shape index (κ1) is 22.2. The SMILES string of the molecule is Cc1ccc(NC(=O)/C(C#N)=C\c2ccc(-c3ccc([N+](=O)[O-])cc3[N+](=O)[O-])o2)cc1Cl. The summed E-state index contributed by atoms with van der Waals surface area (Å²) in [4.78, 5) is 33.1. The topological polar surface area (TPSA) is 152 Å². The van der Waals surface area contributed by atoms with Crippen molar-refractivity contribution in [3.8, 4) is 17.4 Å². The van der Waals surface area contributed by atoms with E-state index in [-0.39, 0.29) is 22.7 Å². The molecular formula is C21H13ClN4O6. The summed E-state index contributed by atoms with van der Waals surface area (Å²) in [6.07, 6.45) is 1.17. The van der Waals surface area contributed by atoms with Crippen molar-refractivity contribution in [1.29, 1.82) is 5.26 Å². The number of halogens is 1. The molecule has 32 heavy (non-hydrogen) atoms. The second-order valence-electron chi connectivity index (χ2n) is 6.51. The molecule has 10 nitrogen and oxygen atoms in total. The van der Waals surface area contributed by atoms with Gasteiger partial charge in [-0.25, -0.2) is 0 Å². The molecule has 0 unspecified atom stereocenters. The third-order valence-electron chi connectivity index (χ3n) is 4.36. The Labute approximate surface area is 185 Å². The fourth-order valence-electron chi connectivity index (χ4n) is 2.73. The lowest BCUT2D eigenvalue weighted by molar-refractivity contribution is -0.393. The number of furan rings is 1. The normalized spacial score (nSPS) is 11.0. The molecule has 1 amide bonds. The van der Waals surface area contributed by atoms with Gasteiger partial charge in [-0.2, -0.15) is 5.26 Å². The van der Waals surface area contributed by atoms with E-state index in [1.54, 1.807) is 31.2 Å². The lowest BCUT2D eigenvalue weighted by Crippen LogP contribution is -2.13. The standard InChI is InChI=1S/C21H13ClN4O6/c1-12-2-3-14(9-18(12)22)24-21(27)13(11-23)8-16-5-7-20(32-16)17-6-4-15(25(28)29)10-19(17)26(30)31/h2-10H,1H3,(H,24,27)/b13-8-. The zero-order valence-electron chi connectivity index (χ0n) is 16.4. The van der Waals surface area contributed by atoms with Crippen LogP contribution in [0.3, 0.4) is 0 Å². The number of nitrogens with one attached hydrogen (secondary N) is 1. The molecule has 3 rings (SSSR count). The number of nitro groups is 2. The van der Waals surface area contributed by atoms with Gasteiger partial charge in [0.15, 0.2) is 0 Å². The van der Waals surface area contributed by atoms with Gasteiger partial charge in [-0.05, 0) is 42.8 Å². The zero-order valence-corrected chi connectivity index (χ0v) is 17.1. The maximum atomic E-state index is 12.4. The van der Waals surface area contributed by atoms with Crippen LogP contribution in [0, 0.1) is 38.5 Å². The van der Waals surface area contributed by atoms with Crippen molar-refractivity contribution in [3.63, 3.8) is 0 Å². The minimum atomic E-state index is -0.763. The molecule has 0 saturated heterocycles. The van der Waals surface area contributed by atoms with Gasteiger partial charge in [-0.15, -0.1) is 0 Å². The lowest BCUT2D eigenvalue weighted by atomic mass is 10.1. The molecule has 2 aromatic carbocycles. The minimum absolute atomic E-state index is 0.0116. The molecule has 11 heteroatoms. The van der Waals surface area contributed by atoms with Crippen LogP contribution < -0.4 is 5.32 Å². The first-order valence-corrected chi connectivity index (χ1v) is 9.29. The van der Waals surface area contributed by atoms with Gasteiger partial charge in [0, 0.05) is 22.9 Å². The molecule has 0 aliphatic carbocycles. The molecule has 0 spiro atoms. The van der Waals surface area contributed by atoms with Gasteiger partial charge in [0.25, 0.3) is 17.3 Å². The smallest absolute Gasteiger partial charge is 0.287 e. The number of nitro benzene ring substituents is 2. The van der Waals surface area contributed by atoms with Crippen LogP contribution >= 0.6 is 11.6 Å². The first-order chi connectivity index (χ1) is 15.2. The highest BCUT2D eigenvalue weighted by Crippen LogP contribution is 2.34. The minimum Gasteiger partial charge on any atom is -0.456 e.